The molecule has 0 saturated carbocycles. The zero-order valence-corrected chi connectivity index (χ0v) is 15.5. The van der Waals surface area contributed by atoms with Crippen LogP contribution in [-0.4, -0.2) is 26.9 Å². The van der Waals surface area contributed by atoms with Gasteiger partial charge in [0.05, 0.1) is 12.7 Å². The van der Waals surface area contributed by atoms with Crippen LogP contribution < -0.4 is 10.1 Å². The second-order valence-electron chi connectivity index (χ2n) is 6.96. The highest BCUT2D eigenvalue weighted by Gasteiger charge is 2.35. The SMILES string of the molecule is COc1ccc(CNCC2(c3ccccc3C)CCOCC2)cc1C#N. The molecule has 0 unspecified atom stereocenters. The maximum absolute atomic E-state index is 9.26. The van der Waals surface area contributed by atoms with Gasteiger partial charge in [-0.1, -0.05) is 30.3 Å². The molecule has 1 heterocycles. The first-order valence-corrected chi connectivity index (χ1v) is 9.10. The van der Waals surface area contributed by atoms with Crippen LogP contribution in [0.2, 0.25) is 0 Å². The molecule has 4 heteroatoms. The lowest BCUT2D eigenvalue weighted by molar-refractivity contribution is 0.0496. The van der Waals surface area contributed by atoms with Crippen LogP contribution in [0.15, 0.2) is 42.5 Å². The number of nitrogens with zero attached hydrogens (tertiary/aromatic N) is 1. The average Bonchev–Trinajstić information content (AvgIpc) is 2.69. The highest BCUT2D eigenvalue weighted by molar-refractivity contribution is 5.45. The Hall–Kier alpha value is -2.35. The van der Waals surface area contributed by atoms with Crippen molar-refractivity contribution in [2.75, 3.05) is 26.9 Å². The molecular weight excluding hydrogens is 324 g/mol. The highest BCUT2D eigenvalue weighted by Crippen LogP contribution is 2.36. The third-order valence-electron chi connectivity index (χ3n) is 5.34. The van der Waals surface area contributed by atoms with E-state index in [-0.39, 0.29) is 5.41 Å². The molecule has 0 radical (unpaired) electrons. The summed E-state index contributed by atoms with van der Waals surface area (Å²) in [4.78, 5) is 0. The molecule has 136 valence electrons. The molecular formula is C22H26N2O2. The molecule has 0 spiro atoms. The minimum atomic E-state index is 0.105. The Morgan fingerprint density at radius 2 is 1.96 bits per heavy atom. The predicted molar refractivity (Wildman–Crippen MR) is 102 cm³/mol. The Morgan fingerprint density at radius 1 is 1.19 bits per heavy atom. The van der Waals surface area contributed by atoms with E-state index in [0.717, 1.165) is 44.7 Å². The van der Waals surface area contributed by atoms with Gasteiger partial charge in [0, 0.05) is 31.7 Å². The summed E-state index contributed by atoms with van der Waals surface area (Å²) in [6.45, 7) is 5.42. The number of ether oxygens (including phenoxy) is 2. The molecule has 0 aromatic heterocycles. The fraction of sp³-hybridized carbons (Fsp3) is 0.409. The first kappa shape index (κ1) is 18.4. The molecule has 1 fully saturated rings. The van der Waals surface area contributed by atoms with Crippen LogP contribution in [0.25, 0.3) is 0 Å². The predicted octanol–water partition coefficient (Wildman–Crippen LogP) is 3.71. The van der Waals surface area contributed by atoms with Crippen LogP contribution in [0.3, 0.4) is 0 Å². The summed E-state index contributed by atoms with van der Waals surface area (Å²) in [5, 5.41) is 12.9. The van der Waals surface area contributed by atoms with Crippen LogP contribution in [0.5, 0.6) is 5.75 Å². The van der Waals surface area contributed by atoms with Gasteiger partial charge in [-0.05, 0) is 48.6 Å². The standard InChI is InChI=1S/C22H26N2O2/c1-17-5-3-4-6-20(17)22(9-11-26-12-10-22)16-24-15-18-7-8-21(25-2)19(13-18)14-23/h3-8,13,24H,9-12,15-16H2,1-2H3. The van der Waals surface area contributed by atoms with E-state index in [0.29, 0.717) is 11.3 Å². The first-order chi connectivity index (χ1) is 12.7. The van der Waals surface area contributed by atoms with E-state index in [1.165, 1.54) is 11.1 Å². The molecule has 2 aromatic carbocycles. The van der Waals surface area contributed by atoms with Gasteiger partial charge < -0.3 is 14.8 Å². The molecule has 1 aliphatic heterocycles. The number of hydrogen-bond donors (Lipinski definition) is 1. The molecule has 0 amide bonds. The quantitative estimate of drug-likeness (QED) is 0.863. The van der Waals surface area contributed by atoms with Gasteiger partial charge in [-0.15, -0.1) is 0 Å². The van der Waals surface area contributed by atoms with Crippen LogP contribution in [0.1, 0.15) is 35.1 Å². The average molecular weight is 350 g/mol. The van der Waals surface area contributed by atoms with Crippen molar-refractivity contribution in [1.82, 2.24) is 5.32 Å². The second-order valence-corrected chi connectivity index (χ2v) is 6.96. The third kappa shape index (κ3) is 3.90. The van der Waals surface area contributed by atoms with Crippen molar-refractivity contribution in [3.05, 3.63) is 64.7 Å². The monoisotopic (exact) mass is 350 g/mol. The van der Waals surface area contributed by atoms with Crippen LogP contribution >= 0.6 is 0 Å². The van der Waals surface area contributed by atoms with Crippen molar-refractivity contribution in [1.29, 1.82) is 5.26 Å². The van der Waals surface area contributed by atoms with Crippen molar-refractivity contribution in [3.8, 4) is 11.8 Å². The summed E-state index contributed by atoms with van der Waals surface area (Å²) in [6.07, 6.45) is 2.05. The summed E-state index contributed by atoms with van der Waals surface area (Å²) in [7, 11) is 1.59. The zero-order valence-electron chi connectivity index (χ0n) is 15.5. The van der Waals surface area contributed by atoms with Gasteiger partial charge in [-0.25, -0.2) is 0 Å². The zero-order chi connectivity index (χ0) is 18.4. The van der Waals surface area contributed by atoms with Crippen LogP contribution in [-0.2, 0) is 16.7 Å². The Labute approximate surface area is 155 Å². The van der Waals surface area contributed by atoms with Crippen LogP contribution in [0, 0.1) is 18.3 Å². The van der Waals surface area contributed by atoms with Crippen LogP contribution in [0.4, 0.5) is 0 Å². The maximum Gasteiger partial charge on any atom is 0.136 e. The molecule has 1 aliphatic rings. The van der Waals surface area contributed by atoms with Crippen molar-refractivity contribution in [2.24, 2.45) is 0 Å². The molecule has 2 aromatic rings. The molecule has 1 N–H and O–H groups in total. The van der Waals surface area contributed by atoms with E-state index in [2.05, 4.69) is 42.6 Å². The van der Waals surface area contributed by atoms with E-state index in [1.807, 2.05) is 18.2 Å². The molecule has 0 aliphatic carbocycles. The van der Waals surface area contributed by atoms with Gasteiger partial charge in [0.2, 0.25) is 0 Å². The Kier molecular flexibility index (Phi) is 5.92. The van der Waals surface area contributed by atoms with Crippen molar-refractivity contribution >= 4 is 0 Å². The smallest absolute Gasteiger partial charge is 0.136 e. The Balaban J connectivity index is 1.73. The summed E-state index contributed by atoms with van der Waals surface area (Å²) in [5.74, 6) is 0.622. The summed E-state index contributed by atoms with van der Waals surface area (Å²) in [6, 6.07) is 16.6. The minimum absolute atomic E-state index is 0.105. The normalized spacial score (nSPS) is 16.0. The third-order valence-corrected chi connectivity index (χ3v) is 5.34. The number of rotatable bonds is 6. The van der Waals surface area contributed by atoms with Gasteiger partial charge in [-0.3, -0.25) is 0 Å². The largest absolute Gasteiger partial charge is 0.495 e. The molecule has 3 rings (SSSR count). The molecule has 0 bridgehead atoms. The van der Waals surface area contributed by atoms with E-state index >= 15 is 0 Å². The lowest BCUT2D eigenvalue weighted by Crippen LogP contribution is -2.43. The van der Waals surface area contributed by atoms with Crippen molar-refractivity contribution < 1.29 is 9.47 Å². The summed E-state index contributed by atoms with van der Waals surface area (Å²) in [5.41, 5.74) is 4.53. The number of methoxy groups -OCH3 is 1. The number of hydrogen-bond acceptors (Lipinski definition) is 4. The van der Waals surface area contributed by atoms with Gasteiger partial charge in [0.25, 0.3) is 0 Å². The lowest BCUT2D eigenvalue weighted by Gasteiger charge is -2.39. The molecule has 1 saturated heterocycles. The van der Waals surface area contributed by atoms with Gasteiger partial charge in [0.1, 0.15) is 11.8 Å². The number of aryl methyl sites for hydroxylation is 1. The highest BCUT2D eigenvalue weighted by atomic mass is 16.5. The molecule has 26 heavy (non-hydrogen) atoms. The first-order valence-electron chi connectivity index (χ1n) is 9.10. The van der Waals surface area contributed by atoms with Crippen molar-refractivity contribution in [2.45, 2.75) is 31.7 Å². The molecule has 4 nitrogen and oxygen atoms in total. The second kappa shape index (κ2) is 8.35. The summed E-state index contributed by atoms with van der Waals surface area (Å²) >= 11 is 0. The van der Waals surface area contributed by atoms with E-state index in [1.54, 1.807) is 7.11 Å². The van der Waals surface area contributed by atoms with E-state index in [4.69, 9.17) is 9.47 Å². The number of benzene rings is 2. The van der Waals surface area contributed by atoms with Gasteiger partial charge >= 0.3 is 0 Å². The van der Waals surface area contributed by atoms with Crippen molar-refractivity contribution in [3.63, 3.8) is 0 Å². The lowest BCUT2D eigenvalue weighted by atomic mass is 9.72. The fourth-order valence-corrected chi connectivity index (χ4v) is 3.87. The fourth-order valence-electron chi connectivity index (χ4n) is 3.87. The summed E-state index contributed by atoms with van der Waals surface area (Å²) < 4.78 is 10.8. The minimum Gasteiger partial charge on any atom is -0.495 e. The number of nitriles is 1. The van der Waals surface area contributed by atoms with E-state index < -0.39 is 0 Å². The number of nitrogens with one attached hydrogen (secondary N) is 1. The van der Waals surface area contributed by atoms with Gasteiger partial charge in [-0.2, -0.15) is 5.26 Å². The Bertz CT molecular complexity index is 789. The van der Waals surface area contributed by atoms with Gasteiger partial charge in [0.15, 0.2) is 0 Å². The topological polar surface area (TPSA) is 54.3 Å². The maximum atomic E-state index is 9.26. The van der Waals surface area contributed by atoms with E-state index in [9.17, 15) is 5.26 Å². The Morgan fingerprint density at radius 3 is 2.65 bits per heavy atom. The molecule has 0 atom stereocenters.